The molecule has 0 aliphatic rings. The summed E-state index contributed by atoms with van der Waals surface area (Å²) in [5.41, 5.74) is 0.451. The summed E-state index contributed by atoms with van der Waals surface area (Å²) in [5, 5.41) is 19.2. The predicted octanol–water partition coefficient (Wildman–Crippen LogP) is 0.167. The Kier molecular flexibility index (Phi) is 4.40. The number of carbonyl (C=O) groups excluding carboxylic acids is 1. The van der Waals surface area contributed by atoms with Gasteiger partial charge in [-0.25, -0.2) is 0 Å². The molecule has 1 amide bonds. The van der Waals surface area contributed by atoms with Gasteiger partial charge < -0.3 is 10.2 Å². The van der Waals surface area contributed by atoms with Crippen LogP contribution in [-0.4, -0.2) is 36.7 Å². The number of carbonyl (C=O) groups is 1. The zero-order valence-corrected chi connectivity index (χ0v) is 10.1. The number of hydrogen-bond acceptors (Lipinski definition) is 5. The van der Waals surface area contributed by atoms with E-state index in [2.05, 4.69) is 15.5 Å². The number of nitriles is 1. The molecule has 0 fully saturated rings. The maximum Gasteiger partial charge on any atom is 0.224 e. The maximum absolute atomic E-state index is 11.4. The van der Waals surface area contributed by atoms with Gasteiger partial charge in [-0.2, -0.15) is 10.4 Å². The number of anilines is 1. The lowest BCUT2D eigenvalue weighted by Crippen LogP contribution is -2.35. The summed E-state index contributed by atoms with van der Waals surface area (Å²) in [6.07, 6.45) is 1.47. The van der Waals surface area contributed by atoms with Crippen molar-refractivity contribution in [2.24, 2.45) is 5.92 Å². The third-order valence-electron chi connectivity index (χ3n) is 2.42. The minimum atomic E-state index is -0.182. The van der Waals surface area contributed by atoms with E-state index >= 15 is 0 Å². The van der Waals surface area contributed by atoms with Crippen molar-refractivity contribution in [1.82, 2.24) is 15.5 Å². The van der Waals surface area contributed by atoms with Gasteiger partial charge in [0.05, 0.1) is 17.7 Å². The van der Waals surface area contributed by atoms with Crippen LogP contribution in [-0.2, 0) is 4.79 Å². The lowest BCUT2D eigenvalue weighted by Gasteiger charge is -2.21. The van der Waals surface area contributed by atoms with Gasteiger partial charge in [-0.15, -0.1) is 5.10 Å². The van der Waals surface area contributed by atoms with Gasteiger partial charge in [0.15, 0.2) is 5.82 Å². The van der Waals surface area contributed by atoms with Crippen molar-refractivity contribution < 1.29 is 4.79 Å². The molecule has 0 bridgehead atoms. The van der Waals surface area contributed by atoms with Crippen LogP contribution in [0, 0.1) is 17.2 Å². The summed E-state index contributed by atoms with van der Waals surface area (Å²) in [6, 6.07) is 3.65. The molecule has 0 radical (unpaired) electrons. The van der Waals surface area contributed by atoms with Gasteiger partial charge in [0.25, 0.3) is 0 Å². The van der Waals surface area contributed by atoms with Crippen molar-refractivity contribution in [1.29, 1.82) is 5.26 Å². The molecule has 1 rings (SSSR count). The van der Waals surface area contributed by atoms with Crippen molar-refractivity contribution in [3.8, 4) is 6.07 Å². The van der Waals surface area contributed by atoms with Crippen LogP contribution in [0.5, 0.6) is 0 Å². The number of amides is 1. The molecular weight excluding hydrogens is 218 g/mol. The number of nitrogens with one attached hydrogen (secondary N) is 1. The van der Waals surface area contributed by atoms with Crippen molar-refractivity contribution in [2.45, 2.75) is 6.92 Å². The molecular formula is C11H15N5O. The Morgan fingerprint density at radius 1 is 1.71 bits per heavy atom. The summed E-state index contributed by atoms with van der Waals surface area (Å²) in [5.74, 6) is 0.267. The lowest BCUT2D eigenvalue weighted by atomic mass is 10.1. The molecule has 1 atom stereocenters. The summed E-state index contributed by atoms with van der Waals surface area (Å²) in [4.78, 5) is 13.1. The van der Waals surface area contributed by atoms with Crippen LogP contribution in [0.4, 0.5) is 5.82 Å². The summed E-state index contributed by atoms with van der Waals surface area (Å²) in [7, 11) is 3.38. The molecule has 17 heavy (non-hydrogen) atoms. The second-order valence-corrected chi connectivity index (χ2v) is 3.78. The average Bonchev–Trinajstić information content (AvgIpc) is 2.37. The Labute approximate surface area is 100 Å². The van der Waals surface area contributed by atoms with Crippen LogP contribution in [0.25, 0.3) is 0 Å². The fourth-order valence-electron chi connectivity index (χ4n) is 1.52. The Bertz CT molecular complexity index is 440. The second kappa shape index (κ2) is 5.80. The Hall–Kier alpha value is -2.16. The van der Waals surface area contributed by atoms with E-state index in [1.165, 1.54) is 6.20 Å². The number of nitrogens with zero attached hydrogens (tertiary/aromatic N) is 4. The first-order valence-corrected chi connectivity index (χ1v) is 5.24. The number of rotatable bonds is 4. The molecule has 1 aromatic heterocycles. The van der Waals surface area contributed by atoms with E-state index in [4.69, 9.17) is 5.26 Å². The number of aromatic nitrogens is 2. The standard InChI is InChI=1S/C11H15N5O/c1-8(11(17)13-2)7-16(3)10-9(6-12)4-5-14-15-10/h4-5,8H,7H2,1-3H3,(H,13,17). The van der Waals surface area contributed by atoms with Crippen molar-refractivity contribution in [3.05, 3.63) is 17.8 Å². The molecule has 1 aromatic rings. The van der Waals surface area contributed by atoms with Gasteiger partial charge in [0.2, 0.25) is 5.91 Å². The zero-order chi connectivity index (χ0) is 12.8. The molecule has 1 N–H and O–H groups in total. The van der Waals surface area contributed by atoms with Gasteiger partial charge in [-0.3, -0.25) is 4.79 Å². The monoisotopic (exact) mass is 233 g/mol. The van der Waals surface area contributed by atoms with Crippen LogP contribution in [0.15, 0.2) is 12.3 Å². The zero-order valence-electron chi connectivity index (χ0n) is 10.1. The van der Waals surface area contributed by atoms with Gasteiger partial charge in [0.1, 0.15) is 6.07 Å². The molecule has 1 unspecified atom stereocenters. The van der Waals surface area contributed by atoms with Crippen molar-refractivity contribution in [2.75, 3.05) is 25.5 Å². The van der Waals surface area contributed by atoms with Crippen LogP contribution in [0.2, 0.25) is 0 Å². The average molecular weight is 233 g/mol. The van der Waals surface area contributed by atoms with E-state index in [1.54, 1.807) is 25.1 Å². The second-order valence-electron chi connectivity index (χ2n) is 3.78. The first-order valence-electron chi connectivity index (χ1n) is 5.24. The topological polar surface area (TPSA) is 81.9 Å². The van der Waals surface area contributed by atoms with Crippen molar-refractivity contribution >= 4 is 11.7 Å². The lowest BCUT2D eigenvalue weighted by molar-refractivity contribution is -0.123. The first-order chi connectivity index (χ1) is 8.10. The van der Waals surface area contributed by atoms with Crippen LogP contribution < -0.4 is 10.2 Å². The molecule has 90 valence electrons. The Morgan fingerprint density at radius 3 is 3.00 bits per heavy atom. The third kappa shape index (κ3) is 3.14. The number of hydrogen-bond donors (Lipinski definition) is 1. The van der Waals surface area contributed by atoms with E-state index in [1.807, 2.05) is 13.0 Å². The molecule has 1 heterocycles. The van der Waals surface area contributed by atoms with Crippen LogP contribution >= 0.6 is 0 Å². The van der Waals surface area contributed by atoms with E-state index < -0.39 is 0 Å². The fourth-order valence-corrected chi connectivity index (χ4v) is 1.52. The molecule has 0 aromatic carbocycles. The summed E-state index contributed by atoms with van der Waals surface area (Å²) in [6.45, 7) is 2.30. The highest BCUT2D eigenvalue weighted by Crippen LogP contribution is 2.14. The molecule has 0 saturated carbocycles. The third-order valence-corrected chi connectivity index (χ3v) is 2.42. The van der Waals surface area contributed by atoms with Crippen molar-refractivity contribution in [3.63, 3.8) is 0 Å². The molecule has 6 heteroatoms. The highest BCUT2D eigenvalue weighted by atomic mass is 16.1. The van der Waals surface area contributed by atoms with Crippen LogP contribution in [0.1, 0.15) is 12.5 Å². The van der Waals surface area contributed by atoms with E-state index in [-0.39, 0.29) is 11.8 Å². The van der Waals surface area contributed by atoms with Gasteiger partial charge in [-0.1, -0.05) is 6.92 Å². The normalized spacial score (nSPS) is 11.4. The highest BCUT2D eigenvalue weighted by molar-refractivity contribution is 5.78. The maximum atomic E-state index is 11.4. The minimum absolute atomic E-state index is 0.0424. The van der Waals surface area contributed by atoms with Gasteiger partial charge in [0, 0.05) is 20.6 Å². The Balaban J connectivity index is 2.80. The van der Waals surface area contributed by atoms with Gasteiger partial charge in [-0.05, 0) is 6.07 Å². The van der Waals surface area contributed by atoms with Gasteiger partial charge >= 0.3 is 0 Å². The summed E-state index contributed by atoms with van der Waals surface area (Å²) >= 11 is 0. The van der Waals surface area contributed by atoms with Crippen LogP contribution in [0.3, 0.4) is 0 Å². The molecule has 0 aliphatic heterocycles. The molecule has 6 nitrogen and oxygen atoms in total. The smallest absolute Gasteiger partial charge is 0.224 e. The van der Waals surface area contributed by atoms with E-state index in [9.17, 15) is 4.79 Å². The van der Waals surface area contributed by atoms with E-state index in [0.29, 0.717) is 17.9 Å². The fraction of sp³-hybridized carbons (Fsp3) is 0.455. The minimum Gasteiger partial charge on any atom is -0.359 e. The SMILES string of the molecule is CNC(=O)C(C)CN(C)c1nnccc1C#N. The quantitative estimate of drug-likeness (QED) is 0.801. The van der Waals surface area contributed by atoms with E-state index in [0.717, 1.165) is 0 Å². The predicted molar refractivity (Wildman–Crippen MR) is 63.2 cm³/mol. The Morgan fingerprint density at radius 2 is 2.41 bits per heavy atom. The highest BCUT2D eigenvalue weighted by Gasteiger charge is 2.16. The molecule has 0 spiro atoms. The molecule has 0 aliphatic carbocycles. The summed E-state index contributed by atoms with van der Waals surface area (Å²) < 4.78 is 0. The first kappa shape index (κ1) is 12.9. The largest absolute Gasteiger partial charge is 0.359 e. The molecule has 0 saturated heterocycles.